The Morgan fingerprint density at radius 3 is 2.62 bits per heavy atom. The molecule has 1 aromatic heterocycles. The molecule has 0 saturated heterocycles. The molecule has 0 aliphatic heterocycles. The second kappa shape index (κ2) is 5.79. The number of imidazole rings is 1. The standard InChI is InChI=1S/C17H17N3O/c1-12(17-19-14-9-5-6-10-15(14)20-17)18-16(21)11-13-7-3-2-4-8-13/h2-10,12H,11H2,1H3,(H,18,21)(H,19,20)/t12-/m1/s1. The average Bonchev–Trinajstić information content (AvgIpc) is 2.92. The molecule has 0 saturated carbocycles. The van der Waals surface area contributed by atoms with E-state index in [4.69, 9.17) is 0 Å². The molecule has 1 heterocycles. The molecule has 4 heteroatoms. The number of para-hydroxylation sites is 2. The van der Waals surface area contributed by atoms with E-state index in [1.165, 1.54) is 0 Å². The first-order valence-corrected chi connectivity index (χ1v) is 7.00. The molecule has 0 bridgehead atoms. The first kappa shape index (κ1) is 13.4. The number of nitrogens with zero attached hydrogens (tertiary/aromatic N) is 1. The molecule has 0 spiro atoms. The van der Waals surface area contributed by atoms with Crippen LogP contribution in [0.1, 0.15) is 24.4 Å². The van der Waals surface area contributed by atoms with Gasteiger partial charge in [-0.05, 0) is 24.6 Å². The summed E-state index contributed by atoms with van der Waals surface area (Å²) in [6.45, 7) is 1.93. The quantitative estimate of drug-likeness (QED) is 0.771. The van der Waals surface area contributed by atoms with E-state index in [9.17, 15) is 4.79 Å². The third-order valence-electron chi connectivity index (χ3n) is 3.40. The van der Waals surface area contributed by atoms with Crippen LogP contribution in [0.15, 0.2) is 54.6 Å². The van der Waals surface area contributed by atoms with Crippen molar-refractivity contribution in [1.82, 2.24) is 15.3 Å². The largest absolute Gasteiger partial charge is 0.346 e. The number of amides is 1. The molecule has 3 rings (SSSR count). The Labute approximate surface area is 123 Å². The van der Waals surface area contributed by atoms with E-state index < -0.39 is 0 Å². The van der Waals surface area contributed by atoms with E-state index in [-0.39, 0.29) is 11.9 Å². The van der Waals surface area contributed by atoms with Gasteiger partial charge in [-0.15, -0.1) is 0 Å². The summed E-state index contributed by atoms with van der Waals surface area (Å²) in [6.07, 6.45) is 0.380. The van der Waals surface area contributed by atoms with Crippen molar-refractivity contribution < 1.29 is 4.79 Å². The summed E-state index contributed by atoms with van der Waals surface area (Å²) in [4.78, 5) is 19.8. The lowest BCUT2D eigenvalue weighted by molar-refractivity contribution is -0.121. The highest BCUT2D eigenvalue weighted by Gasteiger charge is 2.13. The number of hydrogen-bond acceptors (Lipinski definition) is 2. The molecule has 0 unspecified atom stereocenters. The maximum Gasteiger partial charge on any atom is 0.224 e. The number of hydrogen-bond donors (Lipinski definition) is 2. The van der Waals surface area contributed by atoms with E-state index in [2.05, 4.69) is 15.3 Å². The molecule has 0 fully saturated rings. The number of aromatic amines is 1. The minimum atomic E-state index is -0.145. The Morgan fingerprint density at radius 1 is 1.14 bits per heavy atom. The fourth-order valence-corrected chi connectivity index (χ4v) is 2.32. The minimum absolute atomic E-state index is 0.00541. The summed E-state index contributed by atoms with van der Waals surface area (Å²) < 4.78 is 0. The highest BCUT2D eigenvalue weighted by molar-refractivity contribution is 5.79. The van der Waals surface area contributed by atoms with Gasteiger partial charge in [0.2, 0.25) is 5.91 Å². The maximum absolute atomic E-state index is 12.1. The molecule has 1 atom stereocenters. The van der Waals surface area contributed by atoms with Gasteiger partial charge in [0.1, 0.15) is 5.82 Å². The molecular formula is C17H17N3O. The van der Waals surface area contributed by atoms with Crippen LogP contribution in [-0.4, -0.2) is 15.9 Å². The van der Waals surface area contributed by atoms with Crippen molar-refractivity contribution in [1.29, 1.82) is 0 Å². The fraction of sp³-hybridized carbons (Fsp3) is 0.176. The Hall–Kier alpha value is -2.62. The van der Waals surface area contributed by atoms with E-state index in [1.807, 2.05) is 61.5 Å². The van der Waals surface area contributed by atoms with Crippen molar-refractivity contribution in [3.8, 4) is 0 Å². The molecule has 2 N–H and O–H groups in total. The summed E-state index contributed by atoms with van der Waals surface area (Å²) in [7, 11) is 0. The zero-order valence-corrected chi connectivity index (χ0v) is 11.8. The van der Waals surface area contributed by atoms with Gasteiger partial charge in [0.05, 0.1) is 23.5 Å². The van der Waals surface area contributed by atoms with Crippen molar-refractivity contribution in [3.63, 3.8) is 0 Å². The van der Waals surface area contributed by atoms with Gasteiger partial charge in [0.15, 0.2) is 0 Å². The first-order valence-electron chi connectivity index (χ1n) is 7.00. The lowest BCUT2D eigenvalue weighted by Gasteiger charge is -2.11. The number of aromatic nitrogens is 2. The van der Waals surface area contributed by atoms with Gasteiger partial charge in [-0.1, -0.05) is 42.5 Å². The van der Waals surface area contributed by atoms with Crippen molar-refractivity contribution >= 4 is 16.9 Å². The van der Waals surface area contributed by atoms with Gasteiger partial charge in [-0.25, -0.2) is 4.98 Å². The van der Waals surface area contributed by atoms with Crippen LogP contribution in [0.4, 0.5) is 0 Å². The molecule has 1 amide bonds. The van der Waals surface area contributed by atoms with Crippen molar-refractivity contribution in [2.75, 3.05) is 0 Å². The number of carbonyl (C=O) groups excluding carboxylic acids is 1. The second-order valence-electron chi connectivity index (χ2n) is 5.09. The van der Waals surface area contributed by atoms with Crippen molar-refractivity contribution in [2.24, 2.45) is 0 Å². The van der Waals surface area contributed by atoms with Gasteiger partial charge >= 0.3 is 0 Å². The number of fused-ring (bicyclic) bond motifs is 1. The third-order valence-corrected chi connectivity index (χ3v) is 3.40. The summed E-state index contributed by atoms with van der Waals surface area (Å²) in [5.41, 5.74) is 2.90. The fourth-order valence-electron chi connectivity index (χ4n) is 2.32. The second-order valence-corrected chi connectivity index (χ2v) is 5.09. The van der Waals surface area contributed by atoms with Gasteiger partial charge in [0, 0.05) is 0 Å². The predicted octanol–water partition coefficient (Wildman–Crippen LogP) is 2.98. The van der Waals surface area contributed by atoms with E-state index >= 15 is 0 Å². The van der Waals surface area contributed by atoms with Gasteiger partial charge in [-0.3, -0.25) is 4.79 Å². The third kappa shape index (κ3) is 3.11. The monoisotopic (exact) mass is 279 g/mol. The van der Waals surface area contributed by atoms with E-state index in [0.717, 1.165) is 22.4 Å². The van der Waals surface area contributed by atoms with Crippen LogP contribution < -0.4 is 5.32 Å². The summed E-state index contributed by atoms with van der Waals surface area (Å²) in [5, 5.41) is 2.97. The number of nitrogens with one attached hydrogen (secondary N) is 2. The molecule has 0 aliphatic rings. The van der Waals surface area contributed by atoms with Crippen LogP contribution in [0.3, 0.4) is 0 Å². The zero-order valence-electron chi connectivity index (χ0n) is 11.8. The first-order chi connectivity index (χ1) is 10.2. The smallest absolute Gasteiger partial charge is 0.224 e. The lowest BCUT2D eigenvalue weighted by atomic mass is 10.1. The molecule has 21 heavy (non-hydrogen) atoms. The number of H-pyrrole nitrogens is 1. The van der Waals surface area contributed by atoms with Crippen molar-refractivity contribution in [3.05, 3.63) is 66.0 Å². The van der Waals surface area contributed by atoms with Crippen LogP contribution >= 0.6 is 0 Å². The van der Waals surface area contributed by atoms with Gasteiger partial charge in [-0.2, -0.15) is 0 Å². The summed E-state index contributed by atoms with van der Waals surface area (Å²) in [5.74, 6) is 0.770. The normalized spacial score (nSPS) is 12.2. The van der Waals surface area contributed by atoms with Crippen LogP contribution in [0.2, 0.25) is 0 Å². The van der Waals surface area contributed by atoms with Crippen LogP contribution in [0.25, 0.3) is 11.0 Å². The Balaban J connectivity index is 1.68. The number of rotatable bonds is 4. The van der Waals surface area contributed by atoms with Gasteiger partial charge < -0.3 is 10.3 Å². The van der Waals surface area contributed by atoms with Crippen molar-refractivity contribution in [2.45, 2.75) is 19.4 Å². The lowest BCUT2D eigenvalue weighted by Crippen LogP contribution is -2.28. The zero-order chi connectivity index (χ0) is 14.7. The molecular weight excluding hydrogens is 262 g/mol. The predicted molar refractivity (Wildman–Crippen MR) is 82.8 cm³/mol. The van der Waals surface area contributed by atoms with Crippen LogP contribution in [0.5, 0.6) is 0 Å². The number of carbonyl (C=O) groups is 1. The summed E-state index contributed by atoms with van der Waals surface area (Å²) >= 11 is 0. The number of benzene rings is 2. The van der Waals surface area contributed by atoms with Gasteiger partial charge in [0.25, 0.3) is 0 Å². The van der Waals surface area contributed by atoms with E-state index in [1.54, 1.807) is 0 Å². The molecule has 0 aliphatic carbocycles. The Kier molecular flexibility index (Phi) is 3.69. The molecule has 3 aromatic rings. The highest BCUT2D eigenvalue weighted by Crippen LogP contribution is 2.15. The Bertz CT molecular complexity index is 716. The maximum atomic E-state index is 12.1. The summed E-state index contributed by atoms with van der Waals surface area (Å²) in [6, 6.07) is 17.4. The molecule has 106 valence electrons. The van der Waals surface area contributed by atoms with E-state index in [0.29, 0.717) is 6.42 Å². The molecule has 4 nitrogen and oxygen atoms in total. The van der Waals surface area contributed by atoms with Crippen LogP contribution in [0, 0.1) is 0 Å². The molecule has 0 radical (unpaired) electrons. The topological polar surface area (TPSA) is 57.8 Å². The SMILES string of the molecule is C[C@@H](NC(=O)Cc1ccccc1)c1nc2ccccc2[nH]1. The molecule has 2 aromatic carbocycles. The minimum Gasteiger partial charge on any atom is -0.346 e. The average molecular weight is 279 g/mol. The van der Waals surface area contributed by atoms with Crippen LogP contribution in [-0.2, 0) is 11.2 Å². The highest BCUT2D eigenvalue weighted by atomic mass is 16.1. The Morgan fingerprint density at radius 2 is 1.86 bits per heavy atom.